The molecule has 16 nitrogen and oxygen atoms in total. The summed E-state index contributed by atoms with van der Waals surface area (Å²) >= 11 is 0. The second kappa shape index (κ2) is 18.2. The minimum absolute atomic E-state index is 0.0511. The lowest BCUT2D eigenvalue weighted by atomic mass is 9.82. The number of hydrogen-bond donors (Lipinski definition) is 4. The van der Waals surface area contributed by atoms with Gasteiger partial charge in [0.2, 0.25) is 11.8 Å². The molecular weight excluding hydrogens is 851 g/mol. The Morgan fingerprint density at radius 1 is 0.731 bits per heavy atom. The Hall–Kier alpha value is -6.58. The number of hydrogen-bond acceptors (Lipinski definition) is 10. The van der Waals surface area contributed by atoms with Crippen molar-refractivity contribution in [3.05, 3.63) is 92.0 Å². The van der Waals surface area contributed by atoms with E-state index in [-0.39, 0.29) is 46.2 Å². The monoisotopic (exact) mass is 911 g/mol. The first kappa shape index (κ1) is 45.6. The van der Waals surface area contributed by atoms with Crippen LogP contribution < -0.4 is 22.2 Å². The Morgan fingerprint density at radius 3 is 1.70 bits per heavy atom. The average molecular weight is 912 g/mol. The van der Waals surface area contributed by atoms with E-state index >= 15 is 0 Å². The molecule has 2 aromatic heterocycles. The molecule has 3 fully saturated rings. The van der Waals surface area contributed by atoms with Crippen LogP contribution in [0.15, 0.2) is 63.1 Å². The quantitative estimate of drug-likeness (QED) is 0.0844. The highest BCUT2D eigenvalue weighted by Crippen LogP contribution is 2.53. The second-order valence-electron chi connectivity index (χ2n) is 19.6. The van der Waals surface area contributed by atoms with E-state index in [2.05, 4.69) is 32.4 Å². The summed E-state index contributed by atoms with van der Waals surface area (Å²) in [5, 5.41) is 3.62. The molecule has 9 rings (SSSR count). The number of amides is 3. The van der Waals surface area contributed by atoms with Crippen LogP contribution in [0.25, 0.3) is 44.1 Å². The van der Waals surface area contributed by atoms with Crippen LogP contribution in [0.2, 0.25) is 0 Å². The number of alkyl carbamates (subject to hydrolysis) is 1. The van der Waals surface area contributed by atoms with E-state index in [1.807, 2.05) is 64.1 Å². The predicted molar refractivity (Wildman–Crippen MR) is 256 cm³/mol. The van der Waals surface area contributed by atoms with Gasteiger partial charge < -0.3 is 40.3 Å². The number of carbonyl (C=O) groups is 3. The molecule has 5 aromatic rings. The molecule has 3 amide bonds. The van der Waals surface area contributed by atoms with Crippen molar-refractivity contribution in [2.24, 2.45) is 28.0 Å². The van der Waals surface area contributed by atoms with Gasteiger partial charge in [0, 0.05) is 13.1 Å². The van der Waals surface area contributed by atoms with Gasteiger partial charge in [-0.1, -0.05) is 64.8 Å². The number of rotatable bonds is 10. The van der Waals surface area contributed by atoms with E-state index in [4.69, 9.17) is 25.2 Å². The lowest BCUT2D eigenvalue weighted by Crippen LogP contribution is -2.51. The zero-order valence-corrected chi connectivity index (χ0v) is 39.2. The van der Waals surface area contributed by atoms with E-state index in [1.165, 1.54) is 38.2 Å². The molecule has 5 N–H and O–H groups in total. The van der Waals surface area contributed by atoms with Gasteiger partial charge in [0.25, 0.3) is 17.1 Å². The van der Waals surface area contributed by atoms with Crippen LogP contribution in [0, 0.1) is 17.3 Å². The maximum Gasteiger partial charge on any atom is 0.407 e. The highest BCUT2D eigenvalue weighted by Gasteiger charge is 2.42. The smallest absolute Gasteiger partial charge is 0.407 e. The van der Waals surface area contributed by atoms with Crippen molar-refractivity contribution < 1.29 is 23.9 Å². The van der Waals surface area contributed by atoms with Crippen molar-refractivity contribution in [2.45, 2.75) is 116 Å². The number of aromatic nitrogens is 4. The van der Waals surface area contributed by atoms with E-state index in [0.29, 0.717) is 59.4 Å². The second-order valence-corrected chi connectivity index (χ2v) is 19.6. The molecule has 4 aliphatic rings. The number of amidine groups is 1. The van der Waals surface area contributed by atoms with Gasteiger partial charge in [0.05, 0.1) is 48.1 Å². The first-order valence-electron chi connectivity index (χ1n) is 23.8. The molecule has 0 radical (unpaired) electrons. The first-order chi connectivity index (χ1) is 32.2. The molecule has 16 heteroatoms. The Labute approximate surface area is 389 Å². The molecule has 352 valence electrons. The molecule has 67 heavy (non-hydrogen) atoms. The van der Waals surface area contributed by atoms with Crippen LogP contribution >= 0.6 is 0 Å². The van der Waals surface area contributed by atoms with Crippen molar-refractivity contribution in [3.8, 4) is 22.3 Å². The van der Waals surface area contributed by atoms with E-state index in [1.54, 1.807) is 9.80 Å². The summed E-state index contributed by atoms with van der Waals surface area (Å²) < 4.78 is 9.85. The number of H-pyrrole nitrogens is 2. The third-order valence-corrected chi connectivity index (χ3v) is 14.7. The number of methoxy groups -OCH3 is 2. The molecule has 2 saturated heterocycles. The van der Waals surface area contributed by atoms with Crippen LogP contribution in [-0.4, -0.2) is 93.1 Å². The van der Waals surface area contributed by atoms with Gasteiger partial charge in [0.15, 0.2) is 0 Å². The number of aliphatic imine (C=N–C) groups is 1. The molecule has 0 bridgehead atoms. The van der Waals surface area contributed by atoms with Crippen molar-refractivity contribution in [2.75, 3.05) is 27.3 Å². The zero-order valence-electron chi connectivity index (χ0n) is 39.2. The van der Waals surface area contributed by atoms with E-state index in [0.717, 1.165) is 60.8 Å². The number of fused-ring (bicyclic) bond motifs is 3. The Balaban J connectivity index is 1.03. The van der Waals surface area contributed by atoms with E-state index < -0.39 is 30.3 Å². The van der Waals surface area contributed by atoms with Crippen molar-refractivity contribution in [1.82, 2.24) is 35.1 Å². The molecule has 2 aliphatic heterocycles. The summed E-state index contributed by atoms with van der Waals surface area (Å²) in [6.45, 7) is 8.57. The molecule has 1 spiro atoms. The summed E-state index contributed by atoms with van der Waals surface area (Å²) in [5.41, 5.74) is 13.2. The maximum absolute atomic E-state index is 14.0. The lowest BCUT2D eigenvalue weighted by molar-refractivity contribution is -0.136. The summed E-state index contributed by atoms with van der Waals surface area (Å²) in [4.78, 5) is 91.4. The summed E-state index contributed by atoms with van der Waals surface area (Å²) in [7, 11) is 2.69. The molecule has 3 aromatic carbocycles. The Morgan fingerprint density at radius 2 is 1.24 bits per heavy atom. The molecule has 1 saturated carbocycles. The number of aromatic amines is 2. The number of carbonyl (C=O) groups excluding carboxylic acids is 3. The first-order valence-corrected chi connectivity index (χ1v) is 23.8. The number of nitrogens with one attached hydrogen (secondary N) is 3. The highest BCUT2D eigenvalue weighted by atomic mass is 16.5. The molecule has 4 atom stereocenters. The third kappa shape index (κ3) is 8.54. The summed E-state index contributed by atoms with van der Waals surface area (Å²) in [6, 6.07) is 13.6. The fraction of sp³-hybridized carbons (Fsp3) is 0.490. The number of nitrogens with zero attached hydrogens (tertiary/aromatic N) is 5. The van der Waals surface area contributed by atoms with Gasteiger partial charge in [-0.15, -0.1) is 0 Å². The molecule has 2 aliphatic carbocycles. The number of likely N-dealkylation sites (tertiary alicyclic amines) is 2. The lowest BCUT2D eigenvalue weighted by Gasteiger charge is -2.30. The number of benzene rings is 3. The minimum Gasteiger partial charge on any atom is -0.469 e. The van der Waals surface area contributed by atoms with Crippen LogP contribution in [0.3, 0.4) is 0 Å². The van der Waals surface area contributed by atoms with Gasteiger partial charge in [-0.05, 0) is 126 Å². The van der Waals surface area contributed by atoms with Crippen LogP contribution in [-0.2, 0) is 31.9 Å². The summed E-state index contributed by atoms with van der Waals surface area (Å²) in [5.74, 6) is 0.164. The van der Waals surface area contributed by atoms with Crippen molar-refractivity contribution >= 4 is 45.7 Å². The number of nitrogens with two attached hydrogens (primary N) is 1. The fourth-order valence-electron chi connectivity index (χ4n) is 11.2. The largest absolute Gasteiger partial charge is 0.469 e. The highest BCUT2D eigenvalue weighted by molar-refractivity contribution is 5.90. The normalized spacial score (nSPS) is 20.0. The van der Waals surface area contributed by atoms with Crippen molar-refractivity contribution in [1.29, 1.82) is 0 Å². The molecule has 4 unspecified atom stereocenters. The molecule has 4 heterocycles. The topological polar surface area (TPSA) is 218 Å². The molecular formula is C51H61N9O7. The Kier molecular flexibility index (Phi) is 12.4. The predicted octanol–water partition coefficient (Wildman–Crippen LogP) is 6.85. The standard InChI is InChI=1S/C51H61N9O7/c1-27(2)41(55-49(52)66-5)47(63)59-21-9-11-39(59)43-53-37-17-13-29(23-33(37)45(61)57-43)31-15-16-32(36-26-51(25-35(31)36)19-7-8-20-51)30-14-18-38-34(24-30)46(62)58-44(54-38)40-12-10-22-60(40)48(64)42(28(3)4)56-50(65)67-6/h13-18,23-24,27-28,39-42H,7-12,19-22,25-26H2,1-6H3,(H2,52,55)(H,56,65)(H,53,57,61)(H,54,58,62). The number of ether oxygens (including phenoxy) is 2. The third-order valence-electron chi connectivity index (χ3n) is 14.7. The van der Waals surface area contributed by atoms with Gasteiger partial charge >= 0.3 is 6.09 Å². The van der Waals surface area contributed by atoms with Gasteiger partial charge in [-0.3, -0.25) is 19.2 Å². The Bertz CT molecular complexity index is 2920. The SMILES string of the molecule is COC(=O)NC(C(=O)N1CCCC1c1nc2ccc(-c3ccc(-c4ccc5nc(C6CCCN6C(=O)C(N=C(N)OC)C(C)C)[nH]c(=O)c5c4)c4c3CC3(CCCC3)C4)cc2c(=O)[nH]1)C(C)C. The summed E-state index contributed by atoms with van der Waals surface area (Å²) in [6.07, 6.45) is 8.67. The van der Waals surface area contributed by atoms with Crippen LogP contribution in [0.1, 0.15) is 114 Å². The average Bonchev–Trinajstić information content (AvgIpc) is 4.16. The maximum atomic E-state index is 14.0. The van der Waals surface area contributed by atoms with E-state index in [9.17, 15) is 24.0 Å². The minimum atomic E-state index is -0.784. The fourth-order valence-corrected chi connectivity index (χ4v) is 11.2. The van der Waals surface area contributed by atoms with Crippen LogP contribution in [0.5, 0.6) is 0 Å². The van der Waals surface area contributed by atoms with Gasteiger partial charge in [-0.25, -0.2) is 19.8 Å². The van der Waals surface area contributed by atoms with Gasteiger partial charge in [-0.2, -0.15) is 0 Å². The van der Waals surface area contributed by atoms with Crippen molar-refractivity contribution in [3.63, 3.8) is 0 Å². The van der Waals surface area contributed by atoms with Gasteiger partial charge in [0.1, 0.15) is 23.7 Å². The van der Waals surface area contributed by atoms with Crippen LogP contribution in [0.4, 0.5) is 4.79 Å². The zero-order chi connectivity index (χ0) is 47.3.